The highest BCUT2D eigenvalue weighted by Crippen LogP contribution is 2.34. The third-order valence-electron chi connectivity index (χ3n) is 2.60. The zero-order chi connectivity index (χ0) is 9.47. The maximum absolute atomic E-state index is 11.7. The Kier molecular flexibility index (Phi) is 1.59. The number of ketones is 1. The number of carbonyl (C=O) groups is 2. The number of carbonyl (C=O) groups excluding carboxylic acids is 2. The van der Waals surface area contributed by atoms with Crippen LogP contribution in [0.4, 0.5) is 0 Å². The summed E-state index contributed by atoms with van der Waals surface area (Å²) < 4.78 is 0. The fourth-order valence-corrected chi connectivity index (χ4v) is 1.77. The average molecular weight is 174 g/mol. The van der Waals surface area contributed by atoms with Gasteiger partial charge in [-0.1, -0.05) is 24.3 Å². The van der Waals surface area contributed by atoms with Crippen LogP contribution in [0.1, 0.15) is 22.8 Å². The fourth-order valence-electron chi connectivity index (χ4n) is 1.77. The van der Waals surface area contributed by atoms with Gasteiger partial charge in [-0.3, -0.25) is 4.79 Å². The van der Waals surface area contributed by atoms with Crippen LogP contribution in [0.15, 0.2) is 24.3 Å². The SMILES string of the molecule is CC1(C=O)Cc2ccccc2C1=O. The van der Waals surface area contributed by atoms with Crippen LogP contribution in [0.2, 0.25) is 0 Å². The van der Waals surface area contributed by atoms with Crippen molar-refractivity contribution in [3.63, 3.8) is 0 Å². The molecule has 0 bridgehead atoms. The van der Waals surface area contributed by atoms with Gasteiger partial charge in [0.05, 0.1) is 5.41 Å². The molecule has 2 rings (SSSR count). The van der Waals surface area contributed by atoms with Crippen molar-refractivity contribution in [2.75, 3.05) is 0 Å². The first-order chi connectivity index (χ1) is 6.17. The van der Waals surface area contributed by atoms with Crippen LogP contribution < -0.4 is 0 Å². The molecule has 66 valence electrons. The zero-order valence-electron chi connectivity index (χ0n) is 7.41. The number of rotatable bonds is 1. The molecule has 0 N–H and O–H groups in total. The maximum Gasteiger partial charge on any atom is 0.176 e. The second-order valence-electron chi connectivity index (χ2n) is 3.70. The van der Waals surface area contributed by atoms with E-state index < -0.39 is 5.41 Å². The molecular weight excluding hydrogens is 164 g/mol. The van der Waals surface area contributed by atoms with Crippen molar-refractivity contribution in [1.29, 1.82) is 0 Å². The Morgan fingerprint density at radius 1 is 1.38 bits per heavy atom. The van der Waals surface area contributed by atoms with Gasteiger partial charge >= 0.3 is 0 Å². The Hall–Kier alpha value is -1.44. The zero-order valence-corrected chi connectivity index (χ0v) is 7.41. The summed E-state index contributed by atoms with van der Waals surface area (Å²) in [5.41, 5.74) is 0.878. The van der Waals surface area contributed by atoms with Crippen molar-refractivity contribution >= 4 is 12.1 Å². The van der Waals surface area contributed by atoms with E-state index in [1.807, 2.05) is 18.2 Å². The molecule has 0 fully saturated rings. The van der Waals surface area contributed by atoms with E-state index in [-0.39, 0.29) is 5.78 Å². The van der Waals surface area contributed by atoms with Crippen molar-refractivity contribution in [3.8, 4) is 0 Å². The molecule has 1 aliphatic rings. The topological polar surface area (TPSA) is 34.1 Å². The Morgan fingerprint density at radius 2 is 2.08 bits per heavy atom. The summed E-state index contributed by atoms with van der Waals surface area (Å²) in [6, 6.07) is 7.41. The summed E-state index contributed by atoms with van der Waals surface area (Å²) in [4.78, 5) is 22.5. The standard InChI is InChI=1S/C11H10O2/c1-11(7-12)6-8-4-2-3-5-9(8)10(11)13/h2-5,7H,6H2,1H3. The van der Waals surface area contributed by atoms with Crippen LogP contribution in [0.3, 0.4) is 0 Å². The first-order valence-electron chi connectivity index (χ1n) is 4.26. The van der Waals surface area contributed by atoms with E-state index in [2.05, 4.69) is 0 Å². The van der Waals surface area contributed by atoms with Gasteiger partial charge in [0, 0.05) is 5.56 Å². The number of fused-ring (bicyclic) bond motifs is 1. The van der Waals surface area contributed by atoms with Crippen molar-refractivity contribution in [1.82, 2.24) is 0 Å². The smallest absolute Gasteiger partial charge is 0.176 e. The van der Waals surface area contributed by atoms with E-state index in [0.717, 1.165) is 11.8 Å². The summed E-state index contributed by atoms with van der Waals surface area (Å²) in [6.07, 6.45) is 1.31. The minimum absolute atomic E-state index is 0.0434. The predicted octanol–water partition coefficient (Wildman–Crippen LogP) is 1.63. The van der Waals surface area contributed by atoms with E-state index in [4.69, 9.17) is 0 Å². The van der Waals surface area contributed by atoms with Crippen LogP contribution in [0, 0.1) is 5.41 Å². The highest BCUT2D eigenvalue weighted by Gasteiger charge is 2.40. The largest absolute Gasteiger partial charge is 0.302 e. The number of hydrogen-bond acceptors (Lipinski definition) is 2. The molecule has 1 aromatic rings. The Bertz CT molecular complexity index is 381. The molecule has 1 aliphatic carbocycles. The molecule has 0 saturated carbocycles. The second kappa shape index (κ2) is 2.52. The van der Waals surface area contributed by atoms with Gasteiger partial charge in [-0.25, -0.2) is 0 Å². The van der Waals surface area contributed by atoms with Crippen molar-refractivity contribution < 1.29 is 9.59 Å². The molecule has 0 heterocycles. The second-order valence-corrected chi connectivity index (χ2v) is 3.70. The molecule has 0 aromatic heterocycles. The lowest BCUT2D eigenvalue weighted by atomic mass is 9.88. The minimum atomic E-state index is -0.816. The first kappa shape index (κ1) is 8.17. The number of hydrogen-bond donors (Lipinski definition) is 0. The molecule has 0 spiro atoms. The van der Waals surface area contributed by atoms with Gasteiger partial charge in [-0.05, 0) is 18.9 Å². The molecule has 2 nitrogen and oxygen atoms in total. The van der Waals surface area contributed by atoms with E-state index >= 15 is 0 Å². The Morgan fingerprint density at radius 3 is 2.69 bits per heavy atom. The molecule has 13 heavy (non-hydrogen) atoms. The summed E-state index contributed by atoms with van der Waals surface area (Å²) in [5, 5.41) is 0. The van der Waals surface area contributed by atoms with Gasteiger partial charge < -0.3 is 4.79 Å². The summed E-state index contributed by atoms with van der Waals surface area (Å²) in [7, 11) is 0. The highest BCUT2D eigenvalue weighted by molar-refractivity contribution is 6.12. The number of Topliss-reactive ketones (excluding diaryl/α,β-unsaturated/α-hetero) is 1. The number of benzene rings is 1. The van der Waals surface area contributed by atoms with Gasteiger partial charge in [0.1, 0.15) is 6.29 Å². The molecule has 1 atom stereocenters. The lowest BCUT2D eigenvalue weighted by molar-refractivity contribution is -0.113. The van der Waals surface area contributed by atoms with Crippen molar-refractivity contribution in [3.05, 3.63) is 35.4 Å². The predicted molar refractivity (Wildman–Crippen MR) is 48.6 cm³/mol. The van der Waals surface area contributed by atoms with E-state index in [1.54, 1.807) is 13.0 Å². The van der Waals surface area contributed by atoms with Crippen LogP contribution >= 0.6 is 0 Å². The van der Waals surface area contributed by atoms with Gasteiger partial charge in [-0.15, -0.1) is 0 Å². The average Bonchev–Trinajstić information content (AvgIpc) is 2.41. The molecular formula is C11H10O2. The maximum atomic E-state index is 11.7. The van der Waals surface area contributed by atoms with Crippen molar-refractivity contribution in [2.24, 2.45) is 5.41 Å². The lowest BCUT2D eigenvalue weighted by Crippen LogP contribution is -2.25. The summed E-state index contributed by atoms with van der Waals surface area (Å²) in [6.45, 7) is 1.70. The minimum Gasteiger partial charge on any atom is -0.302 e. The van der Waals surface area contributed by atoms with Gasteiger partial charge in [0.2, 0.25) is 0 Å². The van der Waals surface area contributed by atoms with Crippen molar-refractivity contribution in [2.45, 2.75) is 13.3 Å². The van der Waals surface area contributed by atoms with E-state index in [9.17, 15) is 9.59 Å². The molecule has 2 heteroatoms. The van der Waals surface area contributed by atoms with E-state index in [0.29, 0.717) is 12.0 Å². The van der Waals surface area contributed by atoms with Crippen LogP contribution in [0.25, 0.3) is 0 Å². The van der Waals surface area contributed by atoms with Crippen LogP contribution in [0.5, 0.6) is 0 Å². The third-order valence-corrected chi connectivity index (χ3v) is 2.60. The normalized spacial score (nSPS) is 25.8. The van der Waals surface area contributed by atoms with Gasteiger partial charge in [0.15, 0.2) is 5.78 Å². The fraction of sp³-hybridized carbons (Fsp3) is 0.273. The molecule has 0 aliphatic heterocycles. The van der Waals surface area contributed by atoms with E-state index in [1.165, 1.54) is 0 Å². The van der Waals surface area contributed by atoms with Gasteiger partial charge in [-0.2, -0.15) is 0 Å². The summed E-state index contributed by atoms with van der Waals surface area (Å²) >= 11 is 0. The molecule has 0 saturated heterocycles. The van der Waals surface area contributed by atoms with Crippen LogP contribution in [-0.2, 0) is 11.2 Å². The highest BCUT2D eigenvalue weighted by atomic mass is 16.1. The van der Waals surface area contributed by atoms with Gasteiger partial charge in [0.25, 0.3) is 0 Å². The monoisotopic (exact) mass is 174 g/mol. The Labute approximate surface area is 76.6 Å². The first-order valence-corrected chi connectivity index (χ1v) is 4.26. The number of aldehydes is 1. The molecule has 1 aromatic carbocycles. The molecule has 0 radical (unpaired) electrons. The quantitative estimate of drug-likeness (QED) is 0.479. The Balaban J connectivity index is 2.55. The van der Waals surface area contributed by atoms with Crippen LogP contribution in [-0.4, -0.2) is 12.1 Å². The molecule has 1 unspecified atom stereocenters. The summed E-state index contributed by atoms with van der Waals surface area (Å²) in [5.74, 6) is -0.0434. The molecule has 0 amide bonds. The lowest BCUT2D eigenvalue weighted by Gasteiger charge is -2.11. The third kappa shape index (κ3) is 1.02.